The Morgan fingerprint density at radius 3 is 2.44 bits per heavy atom. The van der Waals surface area contributed by atoms with Crippen molar-refractivity contribution in [2.45, 2.75) is 62.6 Å². The van der Waals surface area contributed by atoms with Gasteiger partial charge in [0.15, 0.2) is 0 Å². The summed E-state index contributed by atoms with van der Waals surface area (Å²) in [5.41, 5.74) is 2.04. The quantitative estimate of drug-likeness (QED) is 0.124. The Bertz CT molecular complexity index is 1040. The molecule has 0 aromatic carbocycles. The monoisotopic (exact) mass is 536 g/mol. The van der Waals surface area contributed by atoms with Crippen molar-refractivity contribution >= 4 is 35.9 Å². The molecule has 2 heterocycles. The number of aryl methyl sites for hydroxylation is 2. The number of anilines is 2. The van der Waals surface area contributed by atoms with Crippen LogP contribution in [0.4, 0.5) is 39.4 Å². The van der Waals surface area contributed by atoms with Crippen molar-refractivity contribution in [3.05, 3.63) is 29.2 Å². The smallest absolute Gasteiger partial charge is 0.396 e. The molecule has 0 amide bonds. The normalized spacial score (nSPS) is 13.8. The predicted molar refractivity (Wildman–Crippen MR) is 129 cm³/mol. The van der Waals surface area contributed by atoms with Gasteiger partial charge in [-0.3, -0.25) is 9.98 Å². The maximum absolute atomic E-state index is 13.4. The number of halogens is 5. The van der Waals surface area contributed by atoms with E-state index in [4.69, 9.17) is 0 Å². The molecule has 8 nitrogen and oxygen atoms in total. The Hall–Kier alpha value is -2.58. The second-order valence-corrected chi connectivity index (χ2v) is 9.08. The first-order chi connectivity index (χ1) is 16.8. The third-order valence-electron chi connectivity index (χ3n) is 5.39. The molecule has 0 radical (unpaired) electrons. The average molecular weight is 537 g/mol. The van der Waals surface area contributed by atoms with Gasteiger partial charge < -0.3 is 20.8 Å². The second kappa shape index (κ2) is 12.6. The minimum Gasteiger partial charge on any atom is -0.396 e. The van der Waals surface area contributed by atoms with Crippen molar-refractivity contribution in [2.75, 3.05) is 23.8 Å². The number of hydrogen-bond acceptors (Lipinski definition) is 9. The lowest BCUT2D eigenvalue weighted by Gasteiger charge is -2.22. The van der Waals surface area contributed by atoms with Gasteiger partial charge >= 0.3 is 12.1 Å². The van der Waals surface area contributed by atoms with Crippen LogP contribution >= 0.6 is 11.8 Å². The Morgan fingerprint density at radius 1 is 1.17 bits per heavy atom. The Kier molecular flexibility index (Phi) is 10.4. The minimum atomic E-state index is -5.73. The molecule has 0 aliphatic heterocycles. The molecule has 0 saturated carbocycles. The highest BCUT2D eigenvalue weighted by Gasteiger charge is 2.57. The Labute approximate surface area is 209 Å². The first-order valence-corrected chi connectivity index (χ1v) is 12.0. The van der Waals surface area contributed by atoms with E-state index in [9.17, 15) is 32.2 Å². The molecular weight excluding hydrogens is 507 g/mol. The molecule has 2 aromatic rings. The van der Waals surface area contributed by atoms with Gasteiger partial charge in [-0.05, 0) is 39.0 Å². The van der Waals surface area contributed by atoms with Crippen LogP contribution in [0.3, 0.4) is 0 Å². The largest absolute Gasteiger partial charge is 0.455 e. The topological polar surface area (TPSA) is 116 Å². The third-order valence-corrected chi connectivity index (χ3v) is 6.47. The number of aromatic nitrogens is 3. The average Bonchev–Trinajstić information content (AvgIpc) is 2.80. The number of pyridine rings is 1. The number of thioether (sulfide) groups is 1. The van der Waals surface area contributed by atoms with E-state index in [0.29, 0.717) is 29.1 Å². The highest BCUT2D eigenvalue weighted by atomic mass is 32.2. The van der Waals surface area contributed by atoms with E-state index in [1.807, 2.05) is 12.2 Å². The van der Waals surface area contributed by atoms with E-state index in [1.54, 1.807) is 26.1 Å². The van der Waals surface area contributed by atoms with Crippen LogP contribution in [0.15, 0.2) is 22.2 Å². The van der Waals surface area contributed by atoms with Crippen LogP contribution < -0.4 is 10.6 Å². The van der Waals surface area contributed by atoms with Crippen LogP contribution in [0.5, 0.6) is 0 Å². The number of hydrogen-bond donors (Lipinski definition) is 4. The number of alkyl halides is 5. The third kappa shape index (κ3) is 7.71. The van der Waals surface area contributed by atoms with Crippen LogP contribution in [0.2, 0.25) is 0 Å². The van der Waals surface area contributed by atoms with E-state index in [1.165, 1.54) is 11.8 Å². The molecule has 0 saturated heterocycles. The van der Waals surface area contributed by atoms with Crippen molar-refractivity contribution in [2.24, 2.45) is 10.9 Å². The van der Waals surface area contributed by atoms with Crippen LogP contribution in [0.25, 0.3) is 0 Å². The van der Waals surface area contributed by atoms with Crippen molar-refractivity contribution < 1.29 is 32.2 Å². The summed E-state index contributed by atoms with van der Waals surface area (Å²) in [6, 6.07) is 1.74. The predicted octanol–water partition coefficient (Wildman–Crippen LogP) is 4.86. The van der Waals surface area contributed by atoms with E-state index in [0.717, 1.165) is 4.90 Å². The summed E-state index contributed by atoms with van der Waals surface area (Å²) in [5.74, 6) is -5.34. The molecule has 0 spiro atoms. The van der Waals surface area contributed by atoms with Gasteiger partial charge in [0.1, 0.15) is 12.0 Å². The van der Waals surface area contributed by atoms with Crippen molar-refractivity contribution in [3.8, 4) is 0 Å². The van der Waals surface area contributed by atoms with E-state index in [-0.39, 0.29) is 30.5 Å². The number of nitrogens with one attached hydrogen (secondary N) is 2. The number of aliphatic hydroxyl groups excluding tert-OH is 2. The zero-order valence-corrected chi connectivity index (χ0v) is 20.8. The van der Waals surface area contributed by atoms with E-state index < -0.39 is 30.8 Å². The first-order valence-electron chi connectivity index (χ1n) is 11.0. The molecule has 2 rings (SSSR count). The molecule has 2 atom stereocenters. The summed E-state index contributed by atoms with van der Waals surface area (Å²) in [6.45, 7) is 6.81. The molecule has 200 valence electrons. The zero-order chi connectivity index (χ0) is 27.1. The Balaban J connectivity index is 2.36. The van der Waals surface area contributed by atoms with Gasteiger partial charge in [-0.15, -0.1) is 11.8 Å². The lowest BCUT2D eigenvalue weighted by Crippen LogP contribution is -2.42. The minimum absolute atomic E-state index is 0.0620. The van der Waals surface area contributed by atoms with Crippen LogP contribution in [0, 0.1) is 19.8 Å². The Morgan fingerprint density at radius 2 is 1.86 bits per heavy atom. The lowest BCUT2D eigenvalue weighted by atomic mass is 10.0. The molecule has 2 aromatic heterocycles. The maximum atomic E-state index is 13.4. The summed E-state index contributed by atoms with van der Waals surface area (Å²) >= 11 is 1.34. The molecule has 0 bridgehead atoms. The summed E-state index contributed by atoms with van der Waals surface area (Å²) in [4.78, 5) is 17.0. The fourth-order valence-electron chi connectivity index (χ4n) is 3.15. The van der Waals surface area contributed by atoms with Gasteiger partial charge in [0.25, 0.3) is 0 Å². The van der Waals surface area contributed by atoms with Gasteiger partial charge in [0, 0.05) is 34.7 Å². The molecule has 0 fully saturated rings. The molecule has 0 aliphatic carbocycles. The summed E-state index contributed by atoms with van der Waals surface area (Å²) in [6.07, 6.45) is -4.54. The van der Waals surface area contributed by atoms with Gasteiger partial charge in [-0.25, -0.2) is 4.98 Å². The molecule has 36 heavy (non-hydrogen) atoms. The molecule has 4 N–H and O–H groups in total. The number of rotatable bonds is 13. The molecule has 14 heteroatoms. The lowest BCUT2D eigenvalue weighted by molar-refractivity contribution is -0.275. The number of aliphatic hydroxyl groups is 2. The van der Waals surface area contributed by atoms with E-state index in [2.05, 4.69) is 32.0 Å². The van der Waals surface area contributed by atoms with Gasteiger partial charge in [0.2, 0.25) is 5.95 Å². The molecule has 2 unspecified atom stereocenters. The summed E-state index contributed by atoms with van der Waals surface area (Å²) < 4.78 is 64.5. The van der Waals surface area contributed by atoms with Crippen molar-refractivity contribution in [1.29, 1.82) is 0 Å². The maximum Gasteiger partial charge on any atom is 0.455 e. The van der Waals surface area contributed by atoms with Crippen LogP contribution in [-0.4, -0.2) is 63.4 Å². The van der Waals surface area contributed by atoms with Gasteiger partial charge in [-0.1, -0.05) is 13.3 Å². The summed E-state index contributed by atoms with van der Waals surface area (Å²) in [5, 5.41) is 24.6. The van der Waals surface area contributed by atoms with Crippen molar-refractivity contribution in [1.82, 2.24) is 15.0 Å². The zero-order valence-electron chi connectivity index (χ0n) is 20.0. The van der Waals surface area contributed by atoms with Gasteiger partial charge in [0.05, 0.1) is 17.9 Å². The fourth-order valence-corrected chi connectivity index (χ4v) is 4.31. The highest BCUT2D eigenvalue weighted by Crippen LogP contribution is 2.37. The molecule has 0 aliphatic rings. The van der Waals surface area contributed by atoms with E-state index >= 15 is 0 Å². The molecular formula is C22H29F5N6O2S. The number of aliphatic imine (C=N–C) groups is 1. The highest BCUT2D eigenvalue weighted by molar-refractivity contribution is 7.98. The fraction of sp³-hybridized carbons (Fsp3) is 0.545. The first kappa shape index (κ1) is 29.6. The number of nitrogens with zero attached hydrogens (tertiary/aromatic N) is 4. The second-order valence-electron chi connectivity index (χ2n) is 8.06. The SMILES string of the molecule is C=Nc1c(SCc2c(C)nc(NCC(F)(F)C(F)(F)F)nc2NC(O)CC(CC)CO)ccnc1C. The van der Waals surface area contributed by atoms with Crippen LogP contribution in [0.1, 0.15) is 36.7 Å². The summed E-state index contributed by atoms with van der Waals surface area (Å²) in [7, 11) is 0. The van der Waals surface area contributed by atoms with Gasteiger partial charge in [-0.2, -0.15) is 26.9 Å². The van der Waals surface area contributed by atoms with Crippen molar-refractivity contribution in [3.63, 3.8) is 0 Å². The standard InChI is InChI=1S/C22H29F5N6O2S/c1-5-14(9-34)8-17(35)32-19-15(10-36-16-6-7-29-13(3)18(16)28-4)12(2)31-20(33-19)30-11-21(23,24)22(25,26)27/h6-7,14,17,34-35H,4-5,8-11H2,1-3H3,(H2,30,31,32,33). The van der Waals surface area contributed by atoms with Crippen LogP contribution in [-0.2, 0) is 5.75 Å².